The number of benzene rings is 5. The van der Waals surface area contributed by atoms with Crippen molar-refractivity contribution in [2.45, 2.75) is 13.8 Å². The monoisotopic (exact) mass is 505 g/mol. The molecular formula is C36H31N3. The predicted molar refractivity (Wildman–Crippen MR) is 166 cm³/mol. The molecule has 0 amide bonds. The van der Waals surface area contributed by atoms with Crippen molar-refractivity contribution in [2.75, 3.05) is 16.8 Å². The van der Waals surface area contributed by atoms with Crippen LogP contribution in [-0.4, -0.2) is 7.05 Å². The number of anilines is 4. The number of nitriles is 1. The Labute approximate surface area is 231 Å². The van der Waals surface area contributed by atoms with Gasteiger partial charge < -0.3 is 9.80 Å². The van der Waals surface area contributed by atoms with Crippen molar-refractivity contribution in [3.8, 4) is 17.2 Å². The van der Waals surface area contributed by atoms with Crippen LogP contribution in [0.5, 0.6) is 0 Å². The van der Waals surface area contributed by atoms with Gasteiger partial charge >= 0.3 is 0 Å². The van der Waals surface area contributed by atoms with Crippen LogP contribution in [0.15, 0.2) is 145 Å². The fraction of sp³-hybridized carbons (Fsp3) is 0.0833. The van der Waals surface area contributed by atoms with Crippen LogP contribution in [0.2, 0.25) is 0 Å². The minimum Gasteiger partial charge on any atom is -0.348 e. The number of hydrogen-bond donors (Lipinski definition) is 0. The first-order valence-electron chi connectivity index (χ1n) is 13.1. The number of allylic oxidation sites excluding steroid dienone is 4. The highest BCUT2D eigenvalue weighted by Crippen LogP contribution is 2.37. The second kappa shape index (κ2) is 11.5. The standard InChI is InChI=1S/C36H31N3/c1-27(26-37)13-14-28(2)38(3)33-20-15-30(16-21-33)31-17-22-35(23-18-31)39(34-11-5-4-6-12-34)36-24-19-29-9-7-8-10-32(29)25-36/h4-25H,1-3H3/b27-13+,28-14+. The highest BCUT2D eigenvalue weighted by Gasteiger charge is 2.13. The highest BCUT2D eigenvalue weighted by atomic mass is 15.1. The molecule has 3 nitrogen and oxygen atoms in total. The fourth-order valence-electron chi connectivity index (χ4n) is 4.62. The van der Waals surface area contributed by atoms with E-state index in [-0.39, 0.29) is 0 Å². The molecule has 0 aromatic heterocycles. The third-order valence-corrected chi connectivity index (χ3v) is 7.00. The molecule has 5 rings (SSSR count). The molecule has 0 unspecified atom stereocenters. The van der Waals surface area contributed by atoms with Crippen LogP contribution < -0.4 is 9.80 Å². The molecule has 0 aliphatic rings. The Bertz CT molecular complexity index is 1670. The lowest BCUT2D eigenvalue weighted by molar-refractivity contribution is 1.09. The first kappa shape index (κ1) is 25.6. The Morgan fingerprint density at radius 3 is 1.77 bits per heavy atom. The summed E-state index contributed by atoms with van der Waals surface area (Å²) >= 11 is 0. The highest BCUT2D eigenvalue weighted by molar-refractivity contribution is 5.89. The second-order valence-corrected chi connectivity index (χ2v) is 9.62. The van der Waals surface area contributed by atoms with Crippen LogP contribution in [0.3, 0.4) is 0 Å². The predicted octanol–water partition coefficient (Wildman–Crippen LogP) is 9.79. The van der Waals surface area contributed by atoms with Gasteiger partial charge in [-0.15, -0.1) is 0 Å². The smallest absolute Gasteiger partial charge is 0.0944 e. The van der Waals surface area contributed by atoms with Crippen LogP contribution in [0.4, 0.5) is 22.7 Å². The molecule has 0 aliphatic carbocycles. The Balaban J connectivity index is 1.42. The van der Waals surface area contributed by atoms with Crippen molar-refractivity contribution in [3.05, 3.63) is 145 Å². The lowest BCUT2D eigenvalue weighted by atomic mass is 10.0. The first-order chi connectivity index (χ1) is 19.0. The Morgan fingerprint density at radius 2 is 1.13 bits per heavy atom. The number of hydrogen-bond acceptors (Lipinski definition) is 3. The van der Waals surface area contributed by atoms with Crippen molar-refractivity contribution in [2.24, 2.45) is 0 Å². The maximum atomic E-state index is 8.98. The Kier molecular flexibility index (Phi) is 7.57. The zero-order valence-corrected chi connectivity index (χ0v) is 22.5. The molecule has 0 spiro atoms. The molecule has 190 valence electrons. The zero-order chi connectivity index (χ0) is 27.2. The van der Waals surface area contributed by atoms with Crippen LogP contribution in [0.1, 0.15) is 13.8 Å². The molecule has 0 heterocycles. The maximum Gasteiger partial charge on any atom is 0.0944 e. The van der Waals surface area contributed by atoms with Gasteiger partial charge in [0.1, 0.15) is 0 Å². The number of rotatable bonds is 7. The minimum absolute atomic E-state index is 0.688. The number of nitrogens with zero attached hydrogens (tertiary/aromatic N) is 3. The summed E-state index contributed by atoms with van der Waals surface area (Å²) in [4.78, 5) is 4.42. The van der Waals surface area contributed by atoms with Gasteiger partial charge in [-0.1, -0.05) is 72.8 Å². The molecule has 0 aliphatic heterocycles. The van der Waals surface area contributed by atoms with Gasteiger partial charge in [0.25, 0.3) is 0 Å². The van der Waals surface area contributed by atoms with Gasteiger partial charge in [0.2, 0.25) is 0 Å². The fourth-order valence-corrected chi connectivity index (χ4v) is 4.62. The van der Waals surface area contributed by atoms with Gasteiger partial charge in [-0.2, -0.15) is 5.26 Å². The van der Waals surface area contributed by atoms with Crippen LogP contribution in [-0.2, 0) is 0 Å². The van der Waals surface area contributed by atoms with E-state index in [1.54, 1.807) is 0 Å². The molecule has 0 bridgehead atoms. The molecule has 0 saturated heterocycles. The summed E-state index contributed by atoms with van der Waals surface area (Å²) in [5.41, 5.74) is 8.54. The molecule has 0 N–H and O–H groups in total. The molecule has 5 aromatic rings. The van der Waals surface area contributed by atoms with Gasteiger partial charge in [0, 0.05) is 41.1 Å². The van der Waals surface area contributed by atoms with Crippen LogP contribution >= 0.6 is 0 Å². The molecule has 0 saturated carbocycles. The lowest BCUT2D eigenvalue weighted by Crippen LogP contribution is -2.13. The summed E-state index contributed by atoms with van der Waals surface area (Å²) < 4.78 is 0. The third kappa shape index (κ3) is 5.76. The molecule has 5 aromatic carbocycles. The van der Waals surface area contributed by atoms with Crippen molar-refractivity contribution in [1.29, 1.82) is 5.26 Å². The van der Waals surface area contributed by atoms with Gasteiger partial charge in [-0.3, -0.25) is 0 Å². The second-order valence-electron chi connectivity index (χ2n) is 9.62. The van der Waals surface area contributed by atoms with E-state index in [1.807, 2.05) is 39.1 Å². The summed E-state index contributed by atoms with van der Waals surface area (Å²) in [5, 5.41) is 11.4. The van der Waals surface area contributed by atoms with E-state index < -0.39 is 0 Å². The summed E-state index contributed by atoms with van der Waals surface area (Å²) in [6.45, 7) is 3.85. The summed E-state index contributed by atoms with van der Waals surface area (Å²) in [6.07, 6.45) is 3.82. The van der Waals surface area contributed by atoms with E-state index in [4.69, 9.17) is 5.26 Å². The van der Waals surface area contributed by atoms with Gasteiger partial charge in [0.15, 0.2) is 0 Å². The Hall–Kier alpha value is -5.07. The molecule has 3 heteroatoms. The maximum absolute atomic E-state index is 8.98. The lowest BCUT2D eigenvalue weighted by Gasteiger charge is -2.26. The van der Waals surface area contributed by atoms with Crippen molar-refractivity contribution >= 4 is 33.5 Å². The minimum atomic E-state index is 0.688. The molecular weight excluding hydrogens is 474 g/mol. The average molecular weight is 506 g/mol. The van der Waals surface area contributed by atoms with E-state index >= 15 is 0 Å². The van der Waals surface area contributed by atoms with E-state index in [1.165, 1.54) is 16.3 Å². The summed E-state index contributed by atoms with van der Waals surface area (Å²) in [6, 6.07) is 45.1. The third-order valence-electron chi connectivity index (χ3n) is 7.00. The van der Waals surface area contributed by atoms with Gasteiger partial charge in [0.05, 0.1) is 6.07 Å². The van der Waals surface area contributed by atoms with Gasteiger partial charge in [-0.25, -0.2) is 0 Å². The molecule has 0 fully saturated rings. The van der Waals surface area contributed by atoms with Gasteiger partial charge in [-0.05, 0) is 96.4 Å². The quantitative estimate of drug-likeness (QED) is 0.163. The number of fused-ring (bicyclic) bond motifs is 1. The SMILES string of the molecule is C/C(C#N)=C\C=C(/C)N(C)c1ccc(-c2ccc(N(c3ccccc3)c3ccc4ccccc4c3)cc2)cc1. The first-order valence-corrected chi connectivity index (χ1v) is 13.1. The van der Waals surface area contributed by atoms with E-state index in [0.717, 1.165) is 34.0 Å². The molecule has 0 atom stereocenters. The number of para-hydroxylation sites is 1. The van der Waals surface area contributed by atoms with E-state index in [0.29, 0.717) is 5.57 Å². The van der Waals surface area contributed by atoms with E-state index in [9.17, 15) is 0 Å². The summed E-state index contributed by atoms with van der Waals surface area (Å²) in [7, 11) is 2.04. The van der Waals surface area contributed by atoms with Crippen molar-refractivity contribution in [1.82, 2.24) is 0 Å². The van der Waals surface area contributed by atoms with Crippen LogP contribution in [0, 0.1) is 11.3 Å². The van der Waals surface area contributed by atoms with Crippen molar-refractivity contribution in [3.63, 3.8) is 0 Å². The zero-order valence-electron chi connectivity index (χ0n) is 22.5. The Morgan fingerprint density at radius 1 is 0.590 bits per heavy atom. The molecule has 0 radical (unpaired) electrons. The van der Waals surface area contributed by atoms with Crippen LogP contribution in [0.25, 0.3) is 21.9 Å². The summed E-state index contributed by atoms with van der Waals surface area (Å²) in [5.74, 6) is 0. The van der Waals surface area contributed by atoms with Crippen molar-refractivity contribution < 1.29 is 0 Å². The topological polar surface area (TPSA) is 30.3 Å². The van der Waals surface area contributed by atoms with E-state index in [2.05, 4.69) is 131 Å². The normalized spacial score (nSPS) is 11.7. The average Bonchev–Trinajstić information content (AvgIpc) is 3.00. The largest absolute Gasteiger partial charge is 0.348 e. The molecule has 39 heavy (non-hydrogen) atoms.